The molecule has 5 heteroatoms. The molecule has 2 aliphatic carbocycles. The molecule has 2 fully saturated rings. The molecule has 2 saturated carbocycles. The summed E-state index contributed by atoms with van der Waals surface area (Å²) < 4.78 is 0. The summed E-state index contributed by atoms with van der Waals surface area (Å²) in [5.74, 6) is 1.85. The van der Waals surface area contributed by atoms with Crippen LogP contribution in [0.5, 0.6) is 0 Å². The summed E-state index contributed by atoms with van der Waals surface area (Å²) in [4.78, 5) is 0. The van der Waals surface area contributed by atoms with Crippen LogP contribution in [0.4, 0.5) is 0 Å². The van der Waals surface area contributed by atoms with Gasteiger partial charge in [0.2, 0.25) is 0 Å². The van der Waals surface area contributed by atoms with Crippen molar-refractivity contribution < 1.29 is 27.5 Å². The van der Waals surface area contributed by atoms with Crippen LogP contribution in [-0.2, 0) is 17.1 Å². The van der Waals surface area contributed by atoms with Crippen molar-refractivity contribution in [2.24, 2.45) is 10.3 Å². The van der Waals surface area contributed by atoms with E-state index in [9.17, 15) is 0 Å². The molecule has 0 aliphatic heterocycles. The Morgan fingerprint density at radius 1 is 0.706 bits per heavy atom. The Hall–Kier alpha value is -0.541. The predicted molar refractivity (Wildman–Crippen MR) is 61.4 cm³/mol. The van der Waals surface area contributed by atoms with Crippen LogP contribution in [0.2, 0.25) is 0 Å². The van der Waals surface area contributed by atoms with Crippen LogP contribution in [0.15, 0.2) is 10.3 Å². The van der Waals surface area contributed by atoms with Gasteiger partial charge < -0.3 is 10.4 Å². The largest absolute Gasteiger partial charge is 2.00 e. The molecule has 0 unspecified atom stereocenters. The van der Waals surface area contributed by atoms with Gasteiger partial charge in [-0.3, -0.25) is 0 Å². The van der Waals surface area contributed by atoms with Gasteiger partial charge in [-0.05, 0) is 51.4 Å². The quantitative estimate of drug-likeness (QED) is 0.348. The molecule has 2 aliphatic rings. The van der Waals surface area contributed by atoms with Gasteiger partial charge in [-0.2, -0.15) is 0 Å². The van der Waals surface area contributed by atoms with Crippen molar-refractivity contribution in [3.05, 3.63) is 63.2 Å². The smallest absolute Gasteiger partial charge is 0.411 e. The SMILES string of the molecule is O/N=C/[C]1[CH][CH][CH][CH]1.O/N=C/[C]1[CH][CH][CH][CH]1.[Fe+2]. The van der Waals surface area contributed by atoms with Gasteiger partial charge in [0.1, 0.15) is 0 Å². The number of hydrogen-bond donors (Lipinski definition) is 2. The molecular formula is C12H12FeN2O2+2. The Bertz CT molecular complexity index is 199. The van der Waals surface area contributed by atoms with Gasteiger partial charge in [0.05, 0.1) is 12.4 Å². The second-order valence-electron chi connectivity index (χ2n) is 2.93. The van der Waals surface area contributed by atoms with Crippen molar-refractivity contribution in [3.8, 4) is 0 Å². The Kier molecular flexibility index (Phi) is 10.3. The number of rotatable bonds is 2. The second-order valence-corrected chi connectivity index (χ2v) is 2.93. The van der Waals surface area contributed by atoms with E-state index in [4.69, 9.17) is 10.4 Å². The van der Waals surface area contributed by atoms with Crippen LogP contribution in [0.3, 0.4) is 0 Å². The van der Waals surface area contributed by atoms with Gasteiger partial charge in [0.15, 0.2) is 0 Å². The van der Waals surface area contributed by atoms with Gasteiger partial charge in [0, 0.05) is 11.8 Å². The molecule has 0 aromatic rings. The van der Waals surface area contributed by atoms with Crippen LogP contribution in [0.1, 0.15) is 0 Å². The molecule has 0 saturated heterocycles. The molecular weight excluding hydrogens is 260 g/mol. The van der Waals surface area contributed by atoms with E-state index < -0.39 is 0 Å². The maximum Gasteiger partial charge on any atom is 2.00 e. The van der Waals surface area contributed by atoms with Crippen LogP contribution in [0.25, 0.3) is 0 Å². The minimum absolute atomic E-state index is 0. The molecule has 0 aromatic heterocycles. The molecule has 2 N–H and O–H groups in total. The molecule has 2 rings (SSSR count). The standard InChI is InChI=1S/2C6H6NO.Fe/c2*8-7-5-6-3-1-2-4-6;/h2*1-5,8H;/q;;+2/b2*7-5+;. The first-order chi connectivity index (χ1) is 7.86. The molecule has 17 heavy (non-hydrogen) atoms. The van der Waals surface area contributed by atoms with Gasteiger partial charge in [-0.1, -0.05) is 0 Å². The molecule has 0 amide bonds. The minimum atomic E-state index is 0. The van der Waals surface area contributed by atoms with Crippen LogP contribution in [0, 0.1) is 63.2 Å². The molecule has 88 valence electrons. The fourth-order valence-corrected chi connectivity index (χ4v) is 1.08. The van der Waals surface area contributed by atoms with Crippen molar-refractivity contribution in [1.82, 2.24) is 0 Å². The molecule has 0 aromatic carbocycles. The van der Waals surface area contributed by atoms with Crippen LogP contribution < -0.4 is 0 Å². The third-order valence-electron chi connectivity index (χ3n) is 1.79. The molecule has 0 atom stereocenters. The zero-order valence-corrected chi connectivity index (χ0v) is 10.0. The summed E-state index contributed by atoms with van der Waals surface area (Å²) in [6.07, 6.45) is 17.8. The molecule has 4 nitrogen and oxygen atoms in total. The summed E-state index contributed by atoms with van der Waals surface area (Å²) in [5.41, 5.74) is 0. The Morgan fingerprint density at radius 3 is 1.24 bits per heavy atom. The van der Waals surface area contributed by atoms with E-state index in [-0.39, 0.29) is 17.1 Å². The third-order valence-corrected chi connectivity index (χ3v) is 1.79. The van der Waals surface area contributed by atoms with E-state index in [2.05, 4.69) is 10.3 Å². The first kappa shape index (κ1) is 16.5. The van der Waals surface area contributed by atoms with E-state index in [1.807, 2.05) is 51.4 Å². The summed E-state index contributed by atoms with van der Waals surface area (Å²) in [6, 6.07) is 0. The number of hydrogen-bond acceptors (Lipinski definition) is 4. The van der Waals surface area contributed by atoms with Gasteiger partial charge in [-0.25, -0.2) is 0 Å². The van der Waals surface area contributed by atoms with Crippen LogP contribution >= 0.6 is 0 Å². The van der Waals surface area contributed by atoms with Crippen molar-refractivity contribution >= 4 is 12.4 Å². The zero-order chi connectivity index (χ0) is 11.6. The van der Waals surface area contributed by atoms with Crippen LogP contribution in [-0.4, -0.2) is 22.8 Å². The Labute approximate surface area is 114 Å². The van der Waals surface area contributed by atoms with Crippen molar-refractivity contribution in [3.63, 3.8) is 0 Å². The van der Waals surface area contributed by atoms with E-state index in [0.717, 1.165) is 11.8 Å². The maximum absolute atomic E-state index is 8.01. The first-order valence-electron chi connectivity index (χ1n) is 4.65. The summed E-state index contributed by atoms with van der Waals surface area (Å²) >= 11 is 0. The monoisotopic (exact) mass is 272 g/mol. The van der Waals surface area contributed by atoms with Gasteiger partial charge in [0.25, 0.3) is 0 Å². The number of oxime groups is 2. The van der Waals surface area contributed by atoms with E-state index in [1.165, 1.54) is 12.4 Å². The van der Waals surface area contributed by atoms with E-state index in [0.29, 0.717) is 0 Å². The molecule has 0 bridgehead atoms. The zero-order valence-electron chi connectivity index (χ0n) is 8.92. The average molecular weight is 272 g/mol. The fourth-order valence-electron chi connectivity index (χ4n) is 1.08. The third kappa shape index (κ3) is 7.40. The van der Waals surface area contributed by atoms with Crippen molar-refractivity contribution in [2.75, 3.05) is 0 Å². The van der Waals surface area contributed by atoms with E-state index in [1.54, 1.807) is 0 Å². The minimum Gasteiger partial charge on any atom is -0.411 e. The summed E-state index contributed by atoms with van der Waals surface area (Å²) in [7, 11) is 0. The molecule has 0 spiro atoms. The Balaban J connectivity index is 0.000000284. The number of nitrogens with zero attached hydrogens (tertiary/aromatic N) is 2. The maximum atomic E-state index is 8.01. The topological polar surface area (TPSA) is 65.2 Å². The van der Waals surface area contributed by atoms with Crippen molar-refractivity contribution in [2.45, 2.75) is 0 Å². The molecule has 0 heterocycles. The summed E-state index contributed by atoms with van der Waals surface area (Å²) in [6.45, 7) is 0. The summed E-state index contributed by atoms with van der Waals surface area (Å²) in [5, 5.41) is 21.7. The predicted octanol–water partition coefficient (Wildman–Crippen LogP) is 1.70. The van der Waals surface area contributed by atoms with Gasteiger partial charge >= 0.3 is 17.1 Å². The van der Waals surface area contributed by atoms with Crippen molar-refractivity contribution in [1.29, 1.82) is 0 Å². The average Bonchev–Trinajstić information content (AvgIpc) is 2.92. The first-order valence-corrected chi connectivity index (χ1v) is 4.65. The van der Waals surface area contributed by atoms with E-state index >= 15 is 0 Å². The second kappa shape index (κ2) is 10.6. The Morgan fingerprint density at radius 2 is 1.00 bits per heavy atom. The van der Waals surface area contributed by atoms with Gasteiger partial charge in [-0.15, -0.1) is 10.3 Å². The fraction of sp³-hybridized carbons (Fsp3) is 0. The molecule has 10 radical (unpaired) electrons. The normalized spacial score (nSPS) is 21.6.